The Hall–Kier alpha value is -8.27. The molecule has 10 rings (SSSR count). The van der Waals surface area contributed by atoms with E-state index >= 15 is 0 Å². The molecule has 2 aliphatic rings. The third-order valence-corrected chi connectivity index (χ3v) is 10.8. The average Bonchev–Trinajstić information content (AvgIpc) is 4.15. The Balaban J connectivity index is 1.38. The van der Waals surface area contributed by atoms with Crippen molar-refractivity contribution < 1.29 is 9.53 Å². The first-order valence-corrected chi connectivity index (χ1v) is 19.7. The first-order chi connectivity index (χ1) is 29.6. The third-order valence-electron chi connectivity index (χ3n) is 10.8. The van der Waals surface area contributed by atoms with E-state index < -0.39 is 5.97 Å². The maximum Gasteiger partial charge on any atom is 0.337 e. The van der Waals surface area contributed by atoms with Crippen LogP contribution >= 0.6 is 0 Å². The minimum Gasteiger partial charge on any atom is -0.465 e. The van der Waals surface area contributed by atoms with Gasteiger partial charge in [-0.25, -0.2) is 14.8 Å². The molecule has 0 unspecified atom stereocenters. The molecule has 3 aromatic heterocycles. The molecular formula is C54H36N4O2. The summed E-state index contributed by atoms with van der Waals surface area (Å²) in [4.78, 5) is 30.8. The molecule has 5 heterocycles. The number of carbonyl (C=O) groups is 1. The highest BCUT2D eigenvalue weighted by atomic mass is 16.5. The number of fused-ring (bicyclic) bond motifs is 8. The maximum absolute atomic E-state index is 12.2. The Morgan fingerprint density at radius 1 is 0.467 bits per heavy atom. The first-order valence-electron chi connectivity index (χ1n) is 19.7. The predicted molar refractivity (Wildman–Crippen MR) is 244 cm³/mol. The number of H-pyrrole nitrogens is 2. The fourth-order valence-electron chi connectivity index (χ4n) is 7.96. The van der Waals surface area contributed by atoms with E-state index in [0.717, 1.165) is 100 Å². The van der Waals surface area contributed by atoms with Crippen LogP contribution in [0.25, 0.3) is 90.9 Å². The fraction of sp³-hybridized carbons (Fsp3) is 0.0185. The van der Waals surface area contributed by atoms with Crippen LogP contribution in [0.3, 0.4) is 0 Å². The summed E-state index contributed by atoms with van der Waals surface area (Å²) < 4.78 is 4.93. The van der Waals surface area contributed by atoms with Gasteiger partial charge >= 0.3 is 5.97 Å². The second-order valence-corrected chi connectivity index (χ2v) is 14.5. The molecule has 2 N–H and O–H groups in total. The summed E-state index contributed by atoms with van der Waals surface area (Å²) in [7, 11) is 1.38. The normalized spacial score (nSPS) is 11.6. The molecule has 2 aliphatic heterocycles. The van der Waals surface area contributed by atoms with Crippen LogP contribution < -0.4 is 0 Å². The summed E-state index contributed by atoms with van der Waals surface area (Å²) in [5.74, 6) is 6.51. The standard InChI is InChI=1S/C54H36N4O2/c1-60-54(59)40-25-22-35(23-26-40)24-27-41-34-48-51(38-18-10-4-11-19-38)46-31-30-44(56-46)49(36-14-6-2-7-15-36)42-28-29-43(55-42)50(37-16-8-3-9-17-37)45-32-33-47(57-45)52(53(41)58-48)39-20-12-5-13-21-39/h2-23,25-26,28-34,55,58H,1H3. The van der Waals surface area contributed by atoms with Crippen molar-refractivity contribution in [1.82, 2.24) is 19.9 Å². The number of nitrogens with one attached hydrogen (secondary N) is 2. The quantitative estimate of drug-likeness (QED) is 0.135. The topological polar surface area (TPSA) is 83.7 Å². The molecule has 0 atom stereocenters. The van der Waals surface area contributed by atoms with Crippen molar-refractivity contribution in [3.63, 3.8) is 0 Å². The molecule has 284 valence electrons. The lowest BCUT2D eigenvalue weighted by Crippen LogP contribution is -2.00. The minimum atomic E-state index is -0.392. The van der Waals surface area contributed by atoms with E-state index in [-0.39, 0.29) is 0 Å². The molecule has 60 heavy (non-hydrogen) atoms. The van der Waals surface area contributed by atoms with Crippen molar-refractivity contribution in [2.75, 3.05) is 7.11 Å². The largest absolute Gasteiger partial charge is 0.465 e. The zero-order chi connectivity index (χ0) is 40.4. The maximum atomic E-state index is 12.2. The molecule has 0 spiro atoms. The van der Waals surface area contributed by atoms with Gasteiger partial charge in [0.15, 0.2) is 0 Å². The summed E-state index contributed by atoms with van der Waals surface area (Å²) in [5.41, 5.74) is 16.8. The van der Waals surface area contributed by atoms with Gasteiger partial charge in [-0.05, 0) is 89.0 Å². The molecule has 6 heteroatoms. The molecule has 0 saturated heterocycles. The summed E-state index contributed by atoms with van der Waals surface area (Å²) in [5, 5.41) is 0. The Bertz CT molecular complexity index is 3220. The van der Waals surface area contributed by atoms with E-state index in [1.165, 1.54) is 7.11 Å². The summed E-state index contributed by atoms with van der Waals surface area (Å²) >= 11 is 0. The first kappa shape index (κ1) is 36.1. The van der Waals surface area contributed by atoms with E-state index in [4.69, 9.17) is 14.7 Å². The minimum absolute atomic E-state index is 0.392. The second kappa shape index (κ2) is 15.6. The van der Waals surface area contributed by atoms with Gasteiger partial charge in [-0.1, -0.05) is 133 Å². The van der Waals surface area contributed by atoms with Crippen molar-refractivity contribution in [3.05, 3.63) is 203 Å². The van der Waals surface area contributed by atoms with Crippen molar-refractivity contribution >= 4 is 52.3 Å². The van der Waals surface area contributed by atoms with Crippen molar-refractivity contribution in [3.8, 4) is 56.3 Å². The van der Waals surface area contributed by atoms with Crippen molar-refractivity contribution in [2.24, 2.45) is 0 Å². The van der Waals surface area contributed by atoms with Gasteiger partial charge < -0.3 is 14.7 Å². The Labute approximate surface area is 347 Å². The van der Waals surface area contributed by atoms with Crippen LogP contribution in [0.5, 0.6) is 0 Å². The lowest BCUT2D eigenvalue weighted by atomic mass is 10.0. The molecule has 0 amide bonds. The Kier molecular flexibility index (Phi) is 9.37. The van der Waals surface area contributed by atoms with Crippen LogP contribution in [0, 0.1) is 11.8 Å². The SMILES string of the molecule is COC(=O)c1ccc(C#Cc2cc3[nH]c2c(-c2ccccc2)c2nc(c(-c4ccccc4)c4ccc([nH]4)c(-c4ccccc4)c4nc(c3-c3ccccc3)C=C4)C=C2)cc1. The lowest BCUT2D eigenvalue weighted by Gasteiger charge is -2.07. The van der Waals surface area contributed by atoms with E-state index in [9.17, 15) is 4.79 Å². The number of aromatic nitrogens is 4. The number of nitrogens with zero attached hydrogens (tertiary/aromatic N) is 2. The van der Waals surface area contributed by atoms with E-state index in [0.29, 0.717) is 5.56 Å². The number of rotatable bonds is 5. The third kappa shape index (κ3) is 6.81. The average molecular weight is 773 g/mol. The predicted octanol–water partition coefficient (Wildman–Crippen LogP) is 12.5. The van der Waals surface area contributed by atoms with Gasteiger partial charge in [0.1, 0.15) is 0 Å². The molecule has 5 aromatic carbocycles. The van der Waals surface area contributed by atoms with Crippen LogP contribution in [0.4, 0.5) is 0 Å². The van der Waals surface area contributed by atoms with Crippen LogP contribution in [-0.4, -0.2) is 33.0 Å². The highest BCUT2D eigenvalue weighted by Gasteiger charge is 2.20. The molecule has 8 bridgehead atoms. The number of aromatic amines is 2. The van der Waals surface area contributed by atoms with Crippen LogP contribution in [0.1, 0.15) is 44.3 Å². The highest BCUT2D eigenvalue weighted by Crippen LogP contribution is 2.39. The zero-order valence-electron chi connectivity index (χ0n) is 32.6. The van der Waals surface area contributed by atoms with Crippen LogP contribution in [-0.2, 0) is 4.74 Å². The number of esters is 1. The Morgan fingerprint density at radius 2 is 0.883 bits per heavy atom. The number of hydrogen-bond acceptors (Lipinski definition) is 4. The van der Waals surface area contributed by atoms with Crippen molar-refractivity contribution in [1.29, 1.82) is 0 Å². The lowest BCUT2D eigenvalue weighted by molar-refractivity contribution is 0.0600. The molecule has 0 saturated carbocycles. The van der Waals surface area contributed by atoms with Gasteiger partial charge in [-0.2, -0.15) is 0 Å². The van der Waals surface area contributed by atoms with Gasteiger partial charge in [0.25, 0.3) is 0 Å². The number of benzene rings is 5. The monoisotopic (exact) mass is 772 g/mol. The highest BCUT2D eigenvalue weighted by molar-refractivity contribution is 6.01. The van der Waals surface area contributed by atoms with Gasteiger partial charge in [0.2, 0.25) is 0 Å². The number of carbonyl (C=O) groups excluding carboxylic acids is 1. The van der Waals surface area contributed by atoms with Crippen LogP contribution in [0.2, 0.25) is 0 Å². The van der Waals surface area contributed by atoms with Gasteiger partial charge in [0, 0.05) is 44.4 Å². The molecule has 8 aromatic rings. The molecule has 6 nitrogen and oxygen atoms in total. The zero-order valence-corrected chi connectivity index (χ0v) is 32.6. The van der Waals surface area contributed by atoms with Gasteiger partial charge in [-0.3, -0.25) is 0 Å². The van der Waals surface area contributed by atoms with E-state index in [1.54, 1.807) is 12.1 Å². The summed E-state index contributed by atoms with van der Waals surface area (Å²) in [6.07, 6.45) is 8.41. The number of methoxy groups -OCH3 is 1. The Morgan fingerprint density at radius 3 is 1.33 bits per heavy atom. The summed E-state index contributed by atoms with van der Waals surface area (Å²) in [6.45, 7) is 0. The van der Waals surface area contributed by atoms with E-state index in [1.807, 2.05) is 60.7 Å². The van der Waals surface area contributed by atoms with E-state index in [2.05, 4.69) is 137 Å². The molecular weight excluding hydrogens is 737 g/mol. The second-order valence-electron chi connectivity index (χ2n) is 14.5. The molecule has 0 fully saturated rings. The molecule has 0 radical (unpaired) electrons. The smallest absolute Gasteiger partial charge is 0.337 e. The van der Waals surface area contributed by atoms with Crippen molar-refractivity contribution in [2.45, 2.75) is 0 Å². The van der Waals surface area contributed by atoms with Gasteiger partial charge in [0.05, 0.1) is 46.5 Å². The number of ether oxygens (including phenoxy) is 1. The summed E-state index contributed by atoms with van der Waals surface area (Å²) in [6, 6.07) is 55.0. The number of hydrogen-bond donors (Lipinski definition) is 2. The van der Waals surface area contributed by atoms with Crippen LogP contribution in [0.15, 0.2) is 164 Å². The fourth-order valence-corrected chi connectivity index (χ4v) is 7.96. The molecule has 0 aliphatic carbocycles. The van der Waals surface area contributed by atoms with Gasteiger partial charge in [-0.15, -0.1) is 0 Å².